The molecular formula is C19H21NO5. The fourth-order valence-corrected chi connectivity index (χ4v) is 2.47. The van der Waals surface area contributed by atoms with Crippen LogP contribution in [0.4, 0.5) is 0 Å². The van der Waals surface area contributed by atoms with Crippen molar-refractivity contribution in [2.75, 3.05) is 27.1 Å². The summed E-state index contributed by atoms with van der Waals surface area (Å²) in [7, 11) is 1.62. The van der Waals surface area contributed by atoms with E-state index in [-0.39, 0.29) is 12.7 Å². The number of nitrogens with one attached hydrogen (secondary N) is 1. The minimum absolute atomic E-state index is 0.00371. The minimum Gasteiger partial charge on any atom is -0.497 e. The van der Waals surface area contributed by atoms with Crippen molar-refractivity contribution in [1.82, 2.24) is 5.32 Å². The van der Waals surface area contributed by atoms with Crippen LogP contribution in [0.1, 0.15) is 12.0 Å². The van der Waals surface area contributed by atoms with Crippen molar-refractivity contribution in [2.24, 2.45) is 0 Å². The van der Waals surface area contributed by atoms with Gasteiger partial charge in [0.2, 0.25) is 12.7 Å². The van der Waals surface area contributed by atoms with E-state index in [2.05, 4.69) is 5.32 Å². The lowest BCUT2D eigenvalue weighted by molar-refractivity contribution is -0.121. The van der Waals surface area contributed by atoms with Gasteiger partial charge in [0.05, 0.1) is 13.7 Å². The normalized spacial score (nSPS) is 11.9. The standard InChI is InChI=1S/C19H21NO5/c1-22-15-4-6-16(7-5-15)23-11-10-20-19(21)9-3-14-2-8-17-18(12-14)25-13-24-17/h2,4-8,12H,3,9-11,13H2,1H3,(H,20,21). The van der Waals surface area contributed by atoms with Crippen molar-refractivity contribution >= 4 is 5.91 Å². The van der Waals surface area contributed by atoms with Gasteiger partial charge in [0, 0.05) is 6.42 Å². The molecule has 0 saturated carbocycles. The molecule has 132 valence electrons. The molecular weight excluding hydrogens is 322 g/mol. The van der Waals surface area contributed by atoms with Gasteiger partial charge in [0.15, 0.2) is 11.5 Å². The Morgan fingerprint density at radius 2 is 1.84 bits per heavy atom. The molecule has 0 atom stereocenters. The molecule has 6 heteroatoms. The SMILES string of the molecule is COc1ccc(OCCNC(=O)CCc2ccc3c(c2)OCO3)cc1. The Labute approximate surface area is 146 Å². The van der Waals surface area contributed by atoms with E-state index in [1.165, 1.54) is 0 Å². The summed E-state index contributed by atoms with van der Waals surface area (Å²) in [6.07, 6.45) is 1.07. The number of hydrogen-bond donors (Lipinski definition) is 1. The first kappa shape index (κ1) is 17.0. The van der Waals surface area contributed by atoms with Gasteiger partial charge in [-0.15, -0.1) is 0 Å². The van der Waals surface area contributed by atoms with E-state index in [4.69, 9.17) is 18.9 Å². The molecule has 25 heavy (non-hydrogen) atoms. The zero-order valence-electron chi connectivity index (χ0n) is 14.1. The number of rotatable bonds is 8. The summed E-state index contributed by atoms with van der Waals surface area (Å²) < 4.78 is 21.3. The van der Waals surface area contributed by atoms with Gasteiger partial charge in [0.25, 0.3) is 0 Å². The molecule has 0 unspecified atom stereocenters. The number of carbonyl (C=O) groups is 1. The van der Waals surface area contributed by atoms with Gasteiger partial charge in [-0.2, -0.15) is 0 Å². The van der Waals surface area contributed by atoms with Gasteiger partial charge < -0.3 is 24.3 Å². The van der Waals surface area contributed by atoms with Crippen molar-refractivity contribution in [3.8, 4) is 23.0 Å². The lowest BCUT2D eigenvalue weighted by atomic mass is 10.1. The summed E-state index contributed by atoms with van der Waals surface area (Å²) in [6, 6.07) is 13.1. The van der Waals surface area contributed by atoms with Crippen molar-refractivity contribution in [1.29, 1.82) is 0 Å². The van der Waals surface area contributed by atoms with Gasteiger partial charge in [0.1, 0.15) is 18.1 Å². The molecule has 1 N–H and O–H groups in total. The Kier molecular flexibility index (Phi) is 5.61. The van der Waals surface area contributed by atoms with E-state index in [0.717, 1.165) is 28.6 Å². The molecule has 0 aliphatic carbocycles. The highest BCUT2D eigenvalue weighted by Gasteiger charge is 2.13. The van der Waals surface area contributed by atoms with Crippen LogP contribution in [0.3, 0.4) is 0 Å². The van der Waals surface area contributed by atoms with Crippen LogP contribution in [0, 0.1) is 0 Å². The van der Waals surface area contributed by atoms with E-state index < -0.39 is 0 Å². The smallest absolute Gasteiger partial charge is 0.231 e. The lowest BCUT2D eigenvalue weighted by Crippen LogP contribution is -2.28. The van der Waals surface area contributed by atoms with Gasteiger partial charge in [-0.1, -0.05) is 6.07 Å². The number of carbonyl (C=O) groups excluding carboxylic acids is 1. The fourth-order valence-electron chi connectivity index (χ4n) is 2.47. The van der Waals surface area contributed by atoms with Crippen LogP contribution in [-0.4, -0.2) is 33.0 Å². The highest BCUT2D eigenvalue weighted by atomic mass is 16.7. The maximum atomic E-state index is 11.9. The number of aryl methyl sites for hydroxylation is 1. The van der Waals surface area contributed by atoms with Crippen LogP contribution in [0.15, 0.2) is 42.5 Å². The summed E-state index contributed by atoms with van der Waals surface area (Å²) in [4.78, 5) is 11.9. The predicted octanol–water partition coefficient (Wildman–Crippen LogP) is 2.55. The number of fused-ring (bicyclic) bond motifs is 1. The Hall–Kier alpha value is -2.89. The van der Waals surface area contributed by atoms with Gasteiger partial charge in [-0.25, -0.2) is 0 Å². The third-order valence-corrected chi connectivity index (χ3v) is 3.83. The number of methoxy groups -OCH3 is 1. The lowest BCUT2D eigenvalue weighted by Gasteiger charge is -2.08. The molecule has 1 aliphatic rings. The first-order valence-electron chi connectivity index (χ1n) is 8.16. The van der Waals surface area contributed by atoms with Crippen LogP contribution < -0.4 is 24.3 Å². The molecule has 0 saturated heterocycles. The third-order valence-electron chi connectivity index (χ3n) is 3.83. The molecule has 2 aromatic carbocycles. The van der Waals surface area contributed by atoms with Crippen molar-refractivity contribution in [3.63, 3.8) is 0 Å². The Balaban J connectivity index is 1.34. The topological polar surface area (TPSA) is 66.0 Å². The molecule has 0 spiro atoms. The van der Waals surface area contributed by atoms with Gasteiger partial charge >= 0.3 is 0 Å². The first-order chi connectivity index (χ1) is 12.2. The van der Waals surface area contributed by atoms with Crippen molar-refractivity contribution in [3.05, 3.63) is 48.0 Å². The Morgan fingerprint density at radius 3 is 2.64 bits per heavy atom. The number of hydrogen-bond acceptors (Lipinski definition) is 5. The van der Waals surface area contributed by atoms with Gasteiger partial charge in [-0.05, 0) is 48.4 Å². The zero-order chi connectivity index (χ0) is 17.5. The first-order valence-corrected chi connectivity index (χ1v) is 8.16. The summed E-state index contributed by atoms with van der Waals surface area (Å²) in [6.45, 7) is 1.14. The summed E-state index contributed by atoms with van der Waals surface area (Å²) in [5.74, 6) is 3.02. The summed E-state index contributed by atoms with van der Waals surface area (Å²) >= 11 is 0. The van der Waals surface area contributed by atoms with Crippen LogP contribution in [0.2, 0.25) is 0 Å². The fraction of sp³-hybridized carbons (Fsp3) is 0.316. The second kappa shape index (κ2) is 8.28. The van der Waals surface area contributed by atoms with Crippen molar-refractivity contribution < 1.29 is 23.7 Å². The molecule has 1 aliphatic heterocycles. The van der Waals surface area contributed by atoms with E-state index in [9.17, 15) is 4.79 Å². The average molecular weight is 343 g/mol. The van der Waals surface area contributed by atoms with E-state index in [1.54, 1.807) is 7.11 Å². The van der Waals surface area contributed by atoms with Crippen LogP contribution >= 0.6 is 0 Å². The maximum Gasteiger partial charge on any atom is 0.231 e. The van der Waals surface area contributed by atoms with Gasteiger partial charge in [-0.3, -0.25) is 4.79 Å². The van der Waals surface area contributed by atoms with Crippen LogP contribution in [-0.2, 0) is 11.2 Å². The van der Waals surface area contributed by atoms with E-state index in [0.29, 0.717) is 26.0 Å². The largest absolute Gasteiger partial charge is 0.497 e. The molecule has 0 bridgehead atoms. The number of ether oxygens (including phenoxy) is 4. The Bertz CT molecular complexity index is 714. The van der Waals surface area contributed by atoms with Crippen molar-refractivity contribution in [2.45, 2.75) is 12.8 Å². The second-order valence-electron chi connectivity index (χ2n) is 5.56. The maximum absolute atomic E-state index is 11.9. The highest BCUT2D eigenvalue weighted by Crippen LogP contribution is 2.32. The molecule has 0 fully saturated rings. The molecule has 0 aromatic heterocycles. The molecule has 2 aromatic rings. The summed E-state index contributed by atoms with van der Waals surface area (Å²) in [5.41, 5.74) is 1.05. The molecule has 3 rings (SSSR count). The quantitative estimate of drug-likeness (QED) is 0.746. The van der Waals surface area contributed by atoms with E-state index in [1.807, 2.05) is 42.5 Å². The van der Waals surface area contributed by atoms with Crippen LogP contribution in [0.25, 0.3) is 0 Å². The molecule has 1 amide bonds. The van der Waals surface area contributed by atoms with E-state index >= 15 is 0 Å². The van der Waals surface area contributed by atoms with Crippen LogP contribution in [0.5, 0.6) is 23.0 Å². The monoisotopic (exact) mass is 343 g/mol. The second-order valence-corrected chi connectivity index (χ2v) is 5.56. The molecule has 6 nitrogen and oxygen atoms in total. The molecule has 1 heterocycles. The molecule has 0 radical (unpaired) electrons. The third kappa shape index (κ3) is 4.79. The number of amides is 1. The zero-order valence-corrected chi connectivity index (χ0v) is 14.1. The predicted molar refractivity (Wildman–Crippen MR) is 92.4 cm³/mol. The minimum atomic E-state index is -0.00371. The number of benzene rings is 2. The highest BCUT2D eigenvalue weighted by molar-refractivity contribution is 5.76. The average Bonchev–Trinajstić information content (AvgIpc) is 3.12. The summed E-state index contributed by atoms with van der Waals surface area (Å²) in [5, 5.41) is 2.85. The Morgan fingerprint density at radius 1 is 1.08 bits per heavy atom.